The zero-order valence-corrected chi connectivity index (χ0v) is 20.4. The fourth-order valence-corrected chi connectivity index (χ4v) is 6.72. The van der Waals surface area contributed by atoms with E-state index in [0.29, 0.717) is 18.1 Å². The number of fused-ring (bicyclic) bond motifs is 2. The smallest absolute Gasteiger partial charge is 0.407 e. The summed E-state index contributed by atoms with van der Waals surface area (Å²) in [4.78, 5) is 46.2. The number of rotatable bonds is 4. The van der Waals surface area contributed by atoms with Crippen molar-refractivity contribution in [3.8, 4) is 11.1 Å². The molecule has 2 saturated heterocycles. The first kappa shape index (κ1) is 22.3. The fraction of sp³-hybridized carbons (Fsp3) is 0.360. The van der Waals surface area contributed by atoms with Crippen LogP contribution in [-0.4, -0.2) is 63.5 Å². The number of hydrogen-bond donors (Lipinski definition) is 1. The van der Waals surface area contributed by atoms with Gasteiger partial charge in [0.2, 0.25) is 11.8 Å². The first-order valence-corrected chi connectivity index (χ1v) is 12.9. The zero-order chi connectivity index (χ0) is 24.3. The van der Waals surface area contributed by atoms with E-state index in [-0.39, 0.29) is 37.2 Å². The molecule has 0 bridgehead atoms. The van der Waals surface area contributed by atoms with Gasteiger partial charge in [0.05, 0.1) is 22.8 Å². The van der Waals surface area contributed by atoms with Gasteiger partial charge in [-0.05, 0) is 42.7 Å². The summed E-state index contributed by atoms with van der Waals surface area (Å²) in [5, 5.41) is 9.97. The number of carbonyl (C=O) groups is 3. The number of carboxylic acid groups (broad SMARTS) is 1. The van der Waals surface area contributed by atoms with Gasteiger partial charge in [0, 0.05) is 65.4 Å². The van der Waals surface area contributed by atoms with Crippen LogP contribution in [0.15, 0.2) is 30.5 Å². The van der Waals surface area contributed by atoms with Crippen molar-refractivity contribution >= 4 is 56.7 Å². The standard InChI is InChI=1S/C25H23ClN4O4S/c26-15-8-14-2-1-7-29(16-11-28(12-16)25(33)34)23(14)19(9-15)18-5-6-27-20-10-17(35-24(18)20)13-30-21(31)3-4-22(30)32/h5-6,8-10,16H,1-4,7,11-13H2,(H,33,34). The fourth-order valence-electron chi connectivity index (χ4n) is 5.35. The van der Waals surface area contributed by atoms with E-state index in [4.69, 9.17) is 11.6 Å². The number of amides is 3. The number of imide groups is 1. The van der Waals surface area contributed by atoms with Crippen molar-refractivity contribution in [2.75, 3.05) is 24.5 Å². The van der Waals surface area contributed by atoms with E-state index in [9.17, 15) is 19.5 Å². The molecule has 0 saturated carbocycles. The Morgan fingerprint density at radius 2 is 1.89 bits per heavy atom. The minimum Gasteiger partial charge on any atom is -0.465 e. The van der Waals surface area contributed by atoms with Crippen LogP contribution >= 0.6 is 22.9 Å². The van der Waals surface area contributed by atoms with E-state index in [1.807, 2.05) is 24.3 Å². The minimum atomic E-state index is -0.883. The Kier molecular flexibility index (Phi) is 5.41. The van der Waals surface area contributed by atoms with Gasteiger partial charge in [-0.2, -0.15) is 0 Å². The summed E-state index contributed by atoms with van der Waals surface area (Å²) in [5.74, 6) is -0.257. The van der Waals surface area contributed by atoms with E-state index < -0.39 is 6.09 Å². The van der Waals surface area contributed by atoms with Gasteiger partial charge >= 0.3 is 6.09 Å². The molecule has 10 heteroatoms. The number of anilines is 1. The van der Waals surface area contributed by atoms with Gasteiger partial charge in [0.1, 0.15) is 0 Å². The van der Waals surface area contributed by atoms with Gasteiger partial charge < -0.3 is 14.9 Å². The maximum absolute atomic E-state index is 12.1. The molecule has 6 rings (SSSR count). The van der Waals surface area contributed by atoms with Gasteiger partial charge in [0.15, 0.2) is 0 Å². The molecule has 2 aromatic heterocycles. The monoisotopic (exact) mass is 510 g/mol. The van der Waals surface area contributed by atoms with Crippen LogP contribution in [0.25, 0.3) is 21.3 Å². The van der Waals surface area contributed by atoms with Crippen molar-refractivity contribution < 1.29 is 19.5 Å². The van der Waals surface area contributed by atoms with Crippen LogP contribution in [0.5, 0.6) is 0 Å². The highest BCUT2D eigenvalue weighted by Gasteiger charge is 2.38. The lowest BCUT2D eigenvalue weighted by molar-refractivity contribution is -0.138. The average Bonchev–Trinajstić information content (AvgIpc) is 3.35. The number of hydrogen-bond acceptors (Lipinski definition) is 6. The van der Waals surface area contributed by atoms with Crippen molar-refractivity contribution in [1.82, 2.24) is 14.8 Å². The Balaban J connectivity index is 1.41. The molecule has 0 aliphatic carbocycles. The number of thiophene rings is 1. The average molecular weight is 511 g/mol. The molecule has 3 aliphatic heterocycles. The van der Waals surface area contributed by atoms with Gasteiger partial charge in [0.25, 0.3) is 0 Å². The second kappa shape index (κ2) is 8.49. The summed E-state index contributed by atoms with van der Waals surface area (Å²) in [6.07, 6.45) is 3.35. The van der Waals surface area contributed by atoms with Gasteiger partial charge in [-0.25, -0.2) is 4.79 Å². The SMILES string of the molecule is O=C(O)N1CC(N2CCCc3cc(Cl)cc(-c4ccnc5cc(CN6C(=O)CCC6=O)sc45)c32)C1. The molecular weight excluding hydrogens is 488 g/mol. The number of aromatic nitrogens is 1. The summed E-state index contributed by atoms with van der Waals surface area (Å²) in [5.41, 5.74) is 5.12. The number of carbonyl (C=O) groups excluding carboxylic acids is 2. The molecule has 0 spiro atoms. The molecule has 2 fully saturated rings. The Hall–Kier alpha value is -3.17. The molecule has 3 amide bonds. The number of benzene rings is 1. The maximum Gasteiger partial charge on any atom is 0.407 e. The third kappa shape index (κ3) is 3.83. The van der Waals surface area contributed by atoms with Crippen LogP contribution < -0.4 is 4.90 Å². The first-order chi connectivity index (χ1) is 16.9. The number of aryl methyl sites for hydroxylation is 1. The Bertz CT molecular complexity index is 1370. The molecule has 0 radical (unpaired) electrons. The van der Waals surface area contributed by atoms with Gasteiger partial charge in [-0.3, -0.25) is 19.5 Å². The Labute approximate surface area is 210 Å². The third-order valence-electron chi connectivity index (χ3n) is 7.08. The van der Waals surface area contributed by atoms with Crippen molar-refractivity contribution in [2.45, 2.75) is 38.3 Å². The van der Waals surface area contributed by atoms with Crippen molar-refractivity contribution in [2.24, 2.45) is 0 Å². The maximum atomic E-state index is 12.1. The minimum absolute atomic E-state index is 0.129. The number of nitrogens with zero attached hydrogens (tertiary/aromatic N) is 4. The molecule has 3 aliphatic rings. The quantitative estimate of drug-likeness (QED) is 0.523. The number of likely N-dealkylation sites (tertiary alicyclic amines) is 2. The summed E-state index contributed by atoms with van der Waals surface area (Å²) in [6, 6.07) is 8.07. The molecule has 8 nitrogen and oxygen atoms in total. The van der Waals surface area contributed by atoms with E-state index in [1.54, 1.807) is 17.5 Å². The summed E-state index contributed by atoms with van der Waals surface area (Å²) >= 11 is 8.12. The van der Waals surface area contributed by atoms with Crippen LogP contribution in [0, 0.1) is 0 Å². The first-order valence-electron chi connectivity index (χ1n) is 11.7. The molecule has 0 atom stereocenters. The van der Waals surface area contributed by atoms with Crippen LogP contribution in [0.4, 0.5) is 10.5 Å². The van der Waals surface area contributed by atoms with E-state index in [0.717, 1.165) is 51.3 Å². The largest absolute Gasteiger partial charge is 0.465 e. The van der Waals surface area contributed by atoms with Crippen LogP contribution in [-0.2, 0) is 22.6 Å². The zero-order valence-electron chi connectivity index (χ0n) is 18.9. The predicted molar refractivity (Wildman–Crippen MR) is 134 cm³/mol. The molecule has 0 unspecified atom stereocenters. The predicted octanol–water partition coefficient (Wildman–Crippen LogP) is 4.38. The third-order valence-corrected chi connectivity index (χ3v) is 8.44. The molecule has 35 heavy (non-hydrogen) atoms. The highest BCUT2D eigenvalue weighted by molar-refractivity contribution is 7.19. The van der Waals surface area contributed by atoms with Gasteiger partial charge in [-0.15, -0.1) is 11.3 Å². The normalized spacial score (nSPS) is 18.4. The second-order valence-electron chi connectivity index (χ2n) is 9.26. The van der Waals surface area contributed by atoms with Gasteiger partial charge in [-0.1, -0.05) is 11.6 Å². The molecule has 5 heterocycles. The molecular formula is C25H23ClN4O4S. The van der Waals surface area contributed by atoms with Crippen molar-refractivity contribution in [3.63, 3.8) is 0 Å². The lowest BCUT2D eigenvalue weighted by atomic mass is 9.91. The number of halogens is 1. The van der Waals surface area contributed by atoms with Crippen molar-refractivity contribution in [3.05, 3.63) is 45.9 Å². The highest BCUT2D eigenvalue weighted by Crippen LogP contribution is 2.45. The molecule has 3 aromatic rings. The molecule has 180 valence electrons. The molecule has 1 aromatic carbocycles. The lowest BCUT2D eigenvalue weighted by Crippen LogP contribution is -2.61. The second-order valence-corrected chi connectivity index (χ2v) is 10.8. The van der Waals surface area contributed by atoms with E-state index >= 15 is 0 Å². The van der Waals surface area contributed by atoms with E-state index in [1.165, 1.54) is 15.4 Å². The molecule has 1 N–H and O–H groups in total. The lowest BCUT2D eigenvalue weighted by Gasteiger charge is -2.47. The summed E-state index contributed by atoms with van der Waals surface area (Å²) in [6.45, 7) is 2.11. The van der Waals surface area contributed by atoms with E-state index in [2.05, 4.69) is 9.88 Å². The Morgan fingerprint density at radius 1 is 1.11 bits per heavy atom. The topological polar surface area (TPSA) is 94.1 Å². The summed E-state index contributed by atoms with van der Waals surface area (Å²) in [7, 11) is 0. The highest BCUT2D eigenvalue weighted by atomic mass is 35.5. The van der Waals surface area contributed by atoms with Crippen LogP contribution in [0.3, 0.4) is 0 Å². The van der Waals surface area contributed by atoms with Crippen molar-refractivity contribution in [1.29, 1.82) is 0 Å². The summed E-state index contributed by atoms with van der Waals surface area (Å²) < 4.78 is 0.984. The Morgan fingerprint density at radius 3 is 2.63 bits per heavy atom. The van der Waals surface area contributed by atoms with Crippen LogP contribution in [0.2, 0.25) is 5.02 Å². The van der Waals surface area contributed by atoms with Crippen LogP contribution in [0.1, 0.15) is 29.7 Å². The number of pyridine rings is 1.